The van der Waals surface area contributed by atoms with Gasteiger partial charge in [0.25, 0.3) is 5.56 Å². The predicted octanol–water partition coefficient (Wildman–Crippen LogP) is 5.47. The lowest BCUT2D eigenvalue weighted by Crippen LogP contribution is -2.39. The number of fused-ring (bicyclic) bond motifs is 1. The molecule has 0 aliphatic carbocycles. The molecule has 0 saturated carbocycles. The van der Waals surface area contributed by atoms with Crippen molar-refractivity contribution in [1.82, 2.24) is 14.1 Å². The minimum atomic E-state index is -1.15. The van der Waals surface area contributed by atoms with Crippen molar-refractivity contribution in [3.8, 4) is 28.6 Å². The van der Waals surface area contributed by atoms with Crippen molar-refractivity contribution in [2.75, 3.05) is 7.11 Å². The van der Waals surface area contributed by atoms with Gasteiger partial charge in [-0.2, -0.15) is 5.26 Å². The molecular formula is C32H26ClFN4O4. The smallest absolute Gasteiger partial charge is 0.336 e. The van der Waals surface area contributed by atoms with E-state index in [1.165, 1.54) is 30.0 Å². The van der Waals surface area contributed by atoms with Crippen LogP contribution < -0.4 is 16.0 Å². The van der Waals surface area contributed by atoms with Gasteiger partial charge in [-0.1, -0.05) is 23.7 Å². The molecule has 0 aliphatic heterocycles. The van der Waals surface area contributed by atoms with Gasteiger partial charge in [0.15, 0.2) is 0 Å². The number of rotatable bonds is 6. The molecule has 0 aliphatic rings. The van der Waals surface area contributed by atoms with Gasteiger partial charge < -0.3 is 9.84 Å². The number of hydrogen-bond acceptors (Lipinski definition) is 6. The molecule has 0 spiro atoms. The Morgan fingerprint density at radius 3 is 2.52 bits per heavy atom. The molecule has 10 heteroatoms. The number of benzene rings is 3. The van der Waals surface area contributed by atoms with Crippen LogP contribution in [0.3, 0.4) is 0 Å². The molecule has 3 aromatic carbocycles. The number of ether oxygens (including phenoxy) is 1. The van der Waals surface area contributed by atoms with Crippen LogP contribution in [0.25, 0.3) is 27.7 Å². The summed E-state index contributed by atoms with van der Waals surface area (Å²) in [5.41, 5.74) is 0.804. The van der Waals surface area contributed by atoms with Gasteiger partial charge in [-0.25, -0.2) is 13.8 Å². The SMILES string of the molecule is COc1cc(-c2cc(C(C)(C)O)ccc2Cl)cc2c1c(=O)n(-c1cncc(C)c1)c(=O)n2Cc1ccc(F)c(C#N)c1. The van der Waals surface area contributed by atoms with E-state index in [1.54, 1.807) is 63.4 Å². The molecule has 8 nitrogen and oxygen atoms in total. The number of aryl methyl sites for hydroxylation is 1. The summed E-state index contributed by atoms with van der Waals surface area (Å²) in [4.78, 5) is 32.2. The largest absolute Gasteiger partial charge is 0.496 e. The third kappa shape index (κ3) is 5.18. The number of methoxy groups -OCH3 is 1. The first kappa shape index (κ1) is 28.7. The van der Waals surface area contributed by atoms with Crippen molar-refractivity contribution in [3.05, 3.63) is 121 Å². The average Bonchev–Trinajstić information content (AvgIpc) is 2.95. The zero-order valence-electron chi connectivity index (χ0n) is 23.3. The van der Waals surface area contributed by atoms with E-state index in [9.17, 15) is 24.3 Å². The number of nitrogens with zero attached hydrogens (tertiary/aromatic N) is 4. The van der Waals surface area contributed by atoms with Gasteiger partial charge in [0.05, 0.1) is 42.2 Å². The topological polar surface area (TPSA) is 110 Å². The first-order valence-corrected chi connectivity index (χ1v) is 13.3. The van der Waals surface area contributed by atoms with Gasteiger partial charge in [0.1, 0.15) is 23.0 Å². The van der Waals surface area contributed by atoms with Crippen LogP contribution >= 0.6 is 11.6 Å². The predicted molar refractivity (Wildman–Crippen MR) is 159 cm³/mol. The quantitative estimate of drug-likeness (QED) is 0.283. The Morgan fingerprint density at radius 1 is 1.10 bits per heavy atom. The number of pyridine rings is 1. The van der Waals surface area contributed by atoms with E-state index < -0.39 is 22.7 Å². The van der Waals surface area contributed by atoms with Crippen molar-refractivity contribution < 1.29 is 14.2 Å². The highest BCUT2D eigenvalue weighted by molar-refractivity contribution is 6.33. The van der Waals surface area contributed by atoms with Crippen LogP contribution in [0, 0.1) is 24.1 Å². The van der Waals surface area contributed by atoms with E-state index in [0.717, 1.165) is 16.2 Å². The fourth-order valence-electron chi connectivity index (χ4n) is 4.88. The van der Waals surface area contributed by atoms with Crippen LogP contribution in [0.15, 0.2) is 76.6 Å². The summed E-state index contributed by atoms with van der Waals surface area (Å²) in [7, 11) is 1.42. The van der Waals surface area contributed by atoms with Crippen molar-refractivity contribution in [2.24, 2.45) is 0 Å². The minimum Gasteiger partial charge on any atom is -0.496 e. The maximum atomic E-state index is 14.1. The third-order valence-electron chi connectivity index (χ3n) is 7.03. The number of aromatic nitrogens is 3. The van der Waals surface area contributed by atoms with Crippen molar-refractivity contribution in [2.45, 2.75) is 32.9 Å². The molecule has 2 heterocycles. The Bertz CT molecular complexity index is 2040. The van der Waals surface area contributed by atoms with E-state index in [-0.39, 0.29) is 34.4 Å². The Morgan fingerprint density at radius 2 is 1.86 bits per heavy atom. The Kier molecular flexibility index (Phi) is 7.45. The maximum absolute atomic E-state index is 14.1. The summed E-state index contributed by atoms with van der Waals surface area (Å²) in [6.45, 7) is 5.01. The molecule has 1 N–H and O–H groups in total. The summed E-state index contributed by atoms with van der Waals surface area (Å²) in [6, 6.07) is 15.9. The lowest BCUT2D eigenvalue weighted by Gasteiger charge is -2.20. The van der Waals surface area contributed by atoms with Gasteiger partial charge >= 0.3 is 5.69 Å². The van der Waals surface area contributed by atoms with Crippen LogP contribution in [-0.4, -0.2) is 26.3 Å². The molecular weight excluding hydrogens is 559 g/mol. The van der Waals surface area contributed by atoms with Crippen LogP contribution in [-0.2, 0) is 12.1 Å². The zero-order valence-corrected chi connectivity index (χ0v) is 24.0. The van der Waals surface area contributed by atoms with Gasteiger partial charge in [-0.3, -0.25) is 14.3 Å². The van der Waals surface area contributed by atoms with Crippen LogP contribution in [0.5, 0.6) is 5.75 Å². The first-order valence-electron chi connectivity index (χ1n) is 12.9. The monoisotopic (exact) mass is 584 g/mol. The highest BCUT2D eigenvalue weighted by atomic mass is 35.5. The summed E-state index contributed by atoms with van der Waals surface area (Å²) in [5, 5.41) is 20.5. The second-order valence-corrected chi connectivity index (χ2v) is 10.9. The number of hydrogen-bond donors (Lipinski definition) is 1. The van der Waals surface area contributed by atoms with E-state index >= 15 is 0 Å². The van der Waals surface area contributed by atoms with E-state index in [4.69, 9.17) is 16.3 Å². The number of halogens is 2. The van der Waals surface area contributed by atoms with Gasteiger partial charge in [0.2, 0.25) is 0 Å². The standard InChI is InChI=1S/C32H26ClFN4O4/c1-18-9-23(16-36-15-18)38-30(39)29-27(37(31(38)40)17-19-5-8-26(34)21(10-19)14-35)11-20(12-28(29)42-4)24-13-22(32(2,3)41)6-7-25(24)33/h5-13,15-16,41H,17H2,1-4H3. The molecule has 0 unspecified atom stereocenters. The van der Waals surface area contributed by atoms with Crippen LogP contribution in [0.4, 0.5) is 4.39 Å². The Hall–Kier alpha value is -4.78. The summed E-state index contributed by atoms with van der Waals surface area (Å²) in [6.07, 6.45) is 3.02. The van der Waals surface area contributed by atoms with Crippen LogP contribution in [0.2, 0.25) is 5.02 Å². The van der Waals surface area contributed by atoms with Gasteiger partial charge in [-0.05, 0) is 85.5 Å². The molecule has 0 fully saturated rings. The zero-order chi connectivity index (χ0) is 30.3. The fourth-order valence-corrected chi connectivity index (χ4v) is 5.10. The molecule has 0 amide bonds. The van der Waals surface area contributed by atoms with Crippen molar-refractivity contribution in [3.63, 3.8) is 0 Å². The summed E-state index contributed by atoms with van der Waals surface area (Å²) < 4.78 is 22.2. The first-order chi connectivity index (χ1) is 19.9. The summed E-state index contributed by atoms with van der Waals surface area (Å²) >= 11 is 6.60. The second-order valence-electron chi connectivity index (χ2n) is 10.5. The van der Waals surface area contributed by atoms with Crippen LogP contribution in [0.1, 0.15) is 36.1 Å². The molecule has 42 heavy (non-hydrogen) atoms. The van der Waals surface area contributed by atoms with E-state index in [0.29, 0.717) is 27.3 Å². The number of aliphatic hydroxyl groups is 1. The van der Waals surface area contributed by atoms with E-state index in [1.807, 2.05) is 6.07 Å². The minimum absolute atomic E-state index is 0.0894. The average molecular weight is 585 g/mol. The number of nitriles is 1. The molecule has 0 atom stereocenters. The Labute approximate surface area is 245 Å². The van der Waals surface area contributed by atoms with E-state index in [2.05, 4.69) is 4.98 Å². The normalized spacial score (nSPS) is 11.5. The third-order valence-corrected chi connectivity index (χ3v) is 7.36. The molecule has 0 radical (unpaired) electrons. The molecule has 212 valence electrons. The van der Waals surface area contributed by atoms with Crippen molar-refractivity contribution >= 4 is 22.5 Å². The second kappa shape index (κ2) is 10.9. The molecule has 5 rings (SSSR count). The molecule has 2 aromatic heterocycles. The van der Waals surface area contributed by atoms with Crippen molar-refractivity contribution in [1.29, 1.82) is 5.26 Å². The lowest BCUT2D eigenvalue weighted by molar-refractivity contribution is 0.0786. The highest BCUT2D eigenvalue weighted by Crippen LogP contribution is 2.36. The maximum Gasteiger partial charge on any atom is 0.336 e. The molecule has 5 aromatic rings. The van der Waals surface area contributed by atoms with Gasteiger partial charge in [0, 0.05) is 16.8 Å². The highest BCUT2D eigenvalue weighted by Gasteiger charge is 2.23. The van der Waals surface area contributed by atoms with Gasteiger partial charge in [-0.15, -0.1) is 0 Å². The molecule has 0 saturated heterocycles. The fraction of sp³-hybridized carbons (Fsp3) is 0.188. The lowest BCUT2D eigenvalue weighted by atomic mass is 9.93. The Balaban J connectivity index is 1.88. The molecule has 0 bridgehead atoms. The summed E-state index contributed by atoms with van der Waals surface area (Å²) in [5.74, 6) is -0.489.